The van der Waals surface area contributed by atoms with Gasteiger partial charge >= 0.3 is 6.09 Å². The predicted molar refractivity (Wildman–Crippen MR) is 84.0 cm³/mol. The monoisotopic (exact) mass is 315 g/mol. The third-order valence-electron chi connectivity index (χ3n) is 3.89. The van der Waals surface area contributed by atoms with E-state index in [2.05, 4.69) is 11.1 Å². The molecule has 6 nitrogen and oxygen atoms in total. The molecule has 1 aliphatic heterocycles. The molecular weight excluding hydrogens is 294 g/mol. The maximum atomic E-state index is 12.1. The second kappa shape index (κ2) is 6.37. The van der Waals surface area contributed by atoms with Crippen LogP contribution in [-0.4, -0.2) is 41.0 Å². The van der Waals surface area contributed by atoms with Crippen LogP contribution in [0.2, 0.25) is 0 Å². The van der Waals surface area contributed by atoms with Gasteiger partial charge in [-0.15, -0.1) is 0 Å². The highest BCUT2D eigenvalue weighted by atomic mass is 16.6. The number of pyridine rings is 1. The third kappa shape index (κ3) is 3.86. The molecule has 122 valence electrons. The van der Waals surface area contributed by atoms with Crippen molar-refractivity contribution in [2.45, 2.75) is 44.6 Å². The summed E-state index contributed by atoms with van der Waals surface area (Å²) in [7, 11) is 0. The minimum Gasteiger partial charge on any atom is -0.444 e. The summed E-state index contributed by atoms with van der Waals surface area (Å²) in [5.41, 5.74) is -0.217. The van der Waals surface area contributed by atoms with Gasteiger partial charge in [-0.25, -0.2) is 4.79 Å². The summed E-state index contributed by atoms with van der Waals surface area (Å²) in [5.74, 6) is 0. The molecule has 1 amide bonds. The molecule has 0 bridgehead atoms. The highest BCUT2D eigenvalue weighted by molar-refractivity contribution is 5.74. The summed E-state index contributed by atoms with van der Waals surface area (Å²) >= 11 is 0. The van der Waals surface area contributed by atoms with Crippen LogP contribution in [0.25, 0.3) is 0 Å². The minimum atomic E-state index is -0.766. The fraction of sp³-hybridized carbons (Fsp3) is 0.529. The van der Waals surface area contributed by atoms with Gasteiger partial charge in [0.2, 0.25) is 0 Å². The van der Waals surface area contributed by atoms with E-state index in [1.54, 1.807) is 23.2 Å². The number of nitriles is 1. The van der Waals surface area contributed by atoms with Gasteiger partial charge in [0.05, 0.1) is 11.8 Å². The maximum Gasteiger partial charge on any atom is 0.410 e. The van der Waals surface area contributed by atoms with Crippen LogP contribution in [0.1, 0.15) is 49.7 Å². The number of ether oxygens (including phenoxy) is 1. The molecule has 0 atom stereocenters. The fourth-order valence-corrected chi connectivity index (χ4v) is 2.60. The largest absolute Gasteiger partial charge is 0.444 e. The van der Waals surface area contributed by atoms with Gasteiger partial charge in [-0.1, -0.05) is 0 Å². The van der Waals surface area contributed by atoms with E-state index in [1.165, 1.54) is 0 Å². The van der Waals surface area contributed by atoms with Crippen molar-refractivity contribution in [3.05, 3.63) is 29.6 Å². The van der Waals surface area contributed by atoms with Crippen molar-refractivity contribution in [3.63, 3.8) is 0 Å². The van der Waals surface area contributed by atoms with Crippen molar-refractivity contribution in [1.29, 1.82) is 5.26 Å². The number of aldehydes is 1. The summed E-state index contributed by atoms with van der Waals surface area (Å²) in [5, 5.41) is 9.66. The second-order valence-corrected chi connectivity index (χ2v) is 6.75. The Kier molecular flexibility index (Phi) is 4.69. The summed E-state index contributed by atoms with van der Waals surface area (Å²) in [4.78, 5) is 28.9. The summed E-state index contributed by atoms with van der Waals surface area (Å²) in [6, 6.07) is 5.60. The molecule has 0 radical (unpaired) electrons. The lowest BCUT2D eigenvalue weighted by molar-refractivity contribution is 0.0184. The van der Waals surface area contributed by atoms with E-state index in [0.717, 1.165) is 6.29 Å². The molecule has 2 heterocycles. The zero-order chi connectivity index (χ0) is 17.1. The van der Waals surface area contributed by atoms with E-state index >= 15 is 0 Å². The van der Waals surface area contributed by atoms with Gasteiger partial charge < -0.3 is 9.64 Å². The smallest absolute Gasteiger partial charge is 0.410 e. The normalized spacial score (nSPS) is 17.2. The van der Waals surface area contributed by atoms with Gasteiger partial charge in [0.15, 0.2) is 0 Å². The molecule has 0 N–H and O–H groups in total. The van der Waals surface area contributed by atoms with Crippen molar-refractivity contribution in [2.75, 3.05) is 13.1 Å². The first-order valence-electron chi connectivity index (χ1n) is 7.60. The van der Waals surface area contributed by atoms with Crippen LogP contribution >= 0.6 is 0 Å². The molecule has 1 aromatic rings. The van der Waals surface area contributed by atoms with Gasteiger partial charge in [0.1, 0.15) is 17.3 Å². The van der Waals surface area contributed by atoms with Crippen LogP contribution in [0.5, 0.6) is 0 Å². The molecule has 1 saturated heterocycles. The first kappa shape index (κ1) is 16.9. The molecule has 0 unspecified atom stereocenters. The average Bonchev–Trinajstić information content (AvgIpc) is 2.53. The molecule has 6 heteroatoms. The van der Waals surface area contributed by atoms with Crippen molar-refractivity contribution in [2.24, 2.45) is 0 Å². The summed E-state index contributed by atoms with van der Waals surface area (Å²) in [6.45, 7) is 6.32. The minimum absolute atomic E-state index is 0.362. The Bertz CT molecular complexity index is 635. The Balaban J connectivity index is 2.12. The number of carbonyl (C=O) groups is 2. The zero-order valence-electron chi connectivity index (χ0n) is 13.7. The summed E-state index contributed by atoms with van der Waals surface area (Å²) in [6.07, 6.45) is 2.86. The number of nitrogens with zero attached hydrogens (tertiary/aromatic N) is 3. The van der Waals surface area contributed by atoms with Gasteiger partial charge in [0.25, 0.3) is 0 Å². The lowest BCUT2D eigenvalue weighted by Crippen LogP contribution is -2.46. The summed E-state index contributed by atoms with van der Waals surface area (Å²) < 4.78 is 5.36. The standard InChI is InChI=1S/C17H21N3O3/c1-16(2,3)23-15(22)20-8-5-17(12-18,6-9-20)14-10-13(11-21)4-7-19-14/h4,7,10-11H,5-6,8-9H2,1-3H3. The van der Waals surface area contributed by atoms with Crippen LogP contribution in [0, 0.1) is 11.3 Å². The van der Waals surface area contributed by atoms with Crippen LogP contribution in [-0.2, 0) is 10.2 Å². The molecule has 23 heavy (non-hydrogen) atoms. The molecule has 0 aliphatic carbocycles. The Morgan fingerprint density at radius 3 is 2.61 bits per heavy atom. The highest BCUT2D eigenvalue weighted by Gasteiger charge is 2.40. The second-order valence-electron chi connectivity index (χ2n) is 6.75. The first-order valence-corrected chi connectivity index (χ1v) is 7.60. The number of likely N-dealkylation sites (tertiary alicyclic amines) is 1. The Hall–Kier alpha value is -2.42. The SMILES string of the molecule is CC(C)(C)OC(=O)N1CCC(C#N)(c2cc(C=O)ccn2)CC1. The van der Waals surface area contributed by atoms with Crippen LogP contribution in [0.3, 0.4) is 0 Å². The molecular formula is C17H21N3O3. The quantitative estimate of drug-likeness (QED) is 0.783. The number of rotatable bonds is 2. The van der Waals surface area contributed by atoms with Crippen LogP contribution in [0.4, 0.5) is 4.79 Å². The molecule has 0 spiro atoms. The molecule has 0 saturated carbocycles. The third-order valence-corrected chi connectivity index (χ3v) is 3.89. The molecule has 0 aromatic carbocycles. The first-order chi connectivity index (χ1) is 10.8. The van der Waals surface area contributed by atoms with Gasteiger partial charge in [-0.05, 0) is 45.7 Å². The van der Waals surface area contributed by atoms with E-state index in [4.69, 9.17) is 4.74 Å². The van der Waals surface area contributed by atoms with Gasteiger partial charge in [0, 0.05) is 24.8 Å². The lowest BCUT2D eigenvalue weighted by atomic mass is 9.76. The number of piperidine rings is 1. The van der Waals surface area contributed by atoms with Crippen molar-refractivity contribution >= 4 is 12.4 Å². The fourth-order valence-electron chi connectivity index (χ4n) is 2.60. The van der Waals surface area contributed by atoms with E-state index < -0.39 is 11.0 Å². The maximum absolute atomic E-state index is 12.1. The average molecular weight is 315 g/mol. The van der Waals surface area contributed by atoms with Crippen molar-refractivity contribution in [1.82, 2.24) is 9.88 Å². The number of hydrogen-bond acceptors (Lipinski definition) is 5. The molecule has 1 aliphatic rings. The lowest BCUT2D eigenvalue weighted by Gasteiger charge is -2.37. The number of aromatic nitrogens is 1. The predicted octanol–water partition coefficient (Wildman–Crippen LogP) is 2.69. The molecule has 1 fully saturated rings. The van der Waals surface area contributed by atoms with E-state index in [1.807, 2.05) is 20.8 Å². The Morgan fingerprint density at radius 1 is 1.43 bits per heavy atom. The topological polar surface area (TPSA) is 83.3 Å². The van der Waals surface area contributed by atoms with E-state index in [9.17, 15) is 14.9 Å². The van der Waals surface area contributed by atoms with Crippen molar-refractivity contribution in [3.8, 4) is 6.07 Å². The Morgan fingerprint density at radius 2 is 2.09 bits per heavy atom. The van der Waals surface area contributed by atoms with Gasteiger partial charge in [-0.3, -0.25) is 9.78 Å². The zero-order valence-corrected chi connectivity index (χ0v) is 13.7. The number of amides is 1. The van der Waals surface area contributed by atoms with E-state index in [0.29, 0.717) is 37.2 Å². The van der Waals surface area contributed by atoms with E-state index in [-0.39, 0.29) is 6.09 Å². The number of carbonyl (C=O) groups excluding carboxylic acids is 2. The van der Waals surface area contributed by atoms with Crippen LogP contribution < -0.4 is 0 Å². The van der Waals surface area contributed by atoms with Crippen LogP contribution in [0.15, 0.2) is 18.3 Å². The number of hydrogen-bond donors (Lipinski definition) is 0. The molecule has 1 aromatic heterocycles. The highest BCUT2D eigenvalue weighted by Crippen LogP contribution is 2.34. The Labute approximate surface area is 136 Å². The van der Waals surface area contributed by atoms with Gasteiger partial charge in [-0.2, -0.15) is 5.26 Å². The molecule has 2 rings (SSSR count). The van der Waals surface area contributed by atoms with Crippen molar-refractivity contribution < 1.29 is 14.3 Å².